The lowest BCUT2D eigenvalue weighted by atomic mass is 10.3. The molecule has 2 amide bonds. The SMILES string of the molecule is CC(C)NC(=O)CN(C)C(=O)CCSc1nc2ccccc2s1. The zero-order valence-corrected chi connectivity index (χ0v) is 15.2. The Morgan fingerprint density at radius 1 is 1.35 bits per heavy atom. The zero-order valence-electron chi connectivity index (χ0n) is 13.5. The van der Waals surface area contributed by atoms with Crippen molar-refractivity contribution in [2.45, 2.75) is 30.6 Å². The van der Waals surface area contributed by atoms with Gasteiger partial charge in [0.1, 0.15) is 0 Å². The first-order valence-electron chi connectivity index (χ1n) is 7.47. The van der Waals surface area contributed by atoms with Gasteiger partial charge >= 0.3 is 0 Å². The Labute approximate surface area is 144 Å². The minimum atomic E-state index is -0.130. The van der Waals surface area contributed by atoms with E-state index < -0.39 is 0 Å². The van der Waals surface area contributed by atoms with Crippen molar-refractivity contribution in [2.75, 3.05) is 19.3 Å². The van der Waals surface area contributed by atoms with Crippen LogP contribution < -0.4 is 5.32 Å². The van der Waals surface area contributed by atoms with E-state index in [4.69, 9.17) is 0 Å². The van der Waals surface area contributed by atoms with E-state index >= 15 is 0 Å². The number of thioether (sulfide) groups is 1. The standard InChI is InChI=1S/C16H21N3O2S2/c1-11(2)17-14(20)10-19(3)15(21)8-9-22-16-18-12-6-4-5-7-13(12)23-16/h4-7,11H,8-10H2,1-3H3,(H,17,20). The number of benzene rings is 1. The predicted octanol–water partition coefficient (Wildman–Crippen LogP) is 2.76. The Hall–Kier alpha value is -1.60. The number of thiazole rings is 1. The largest absolute Gasteiger partial charge is 0.352 e. The van der Waals surface area contributed by atoms with E-state index in [1.54, 1.807) is 30.1 Å². The second-order valence-electron chi connectivity index (χ2n) is 5.52. The number of hydrogen-bond donors (Lipinski definition) is 1. The molecule has 2 aromatic rings. The molecule has 0 aliphatic carbocycles. The summed E-state index contributed by atoms with van der Waals surface area (Å²) in [6.45, 7) is 3.89. The molecular weight excluding hydrogens is 330 g/mol. The van der Waals surface area contributed by atoms with Crippen LogP contribution in [0.1, 0.15) is 20.3 Å². The van der Waals surface area contributed by atoms with E-state index in [9.17, 15) is 9.59 Å². The van der Waals surface area contributed by atoms with Crippen LogP contribution in [0.3, 0.4) is 0 Å². The topological polar surface area (TPSA) is 62.3 Å². The molecule has 0 radical (unpaired) electrons. The molecule has 0 spiro atoms. The van der Waals surface area contributed by atoms with Crippen molar-refractivity contribution in [3.8, 4) is 0 Å². The van der Waals surface area contributed by atoms with Gasteiger partial charge < -0.3 is 10.2 Å². The summed E-state index contributed by atoms with van der Waals surface area (Å²) in [5, 5.41) is 2.78. The Bertz CT molecular complexity index is 652. The monoisotopic (exact) mass is 351 g/mol. The first-order chi connectivity index (χ1) is 11.0. The van der Waals surface area contributed by atoms with E-state index in [0.29, 0.717) is 12.2 Å². The Kier molecular flexibility index (Phi) is 6.41. The lowest BCUT2D eigenvalue weighted by Crippen LogP contribution is -2.40. The van der Waals surface area contributed by atoms with Crippen molar-refractivity contribution in [1.29, 1.82) is 0 Å². The normalized spacial score (nSPS) is 11.0. The number of fused-ring (bicyclic) bond motifs is 1. The van der Waals surface area contributed by atoms with Gasteiger partial charge in [0.25, 0.3) is 0 Å². The number of amides is 2. The van der Waals surface area contributed by atoms with Crippen LogP contribution in [0.15, 0.2) is 28.6 Å². The number of aromatic nitrogens is 1. The first kappa shape index (κ1) is 17.7. The van der Waals surface area contributed by atoms with E-state index in [-0.39, 0.29) is 24.4 Å². The van der Waals surface area contributed by atoms with Gasteiger partial charge in [-0.2, -0.15) is 0 Å². The molecule has 0 saturated carbocycles. The van der Waals surface area contributed by atoms with Crippen LogP contribution >= 0.6 is 23.1 Å². The third-order valence-corrected chi connectivity index (χ3v) is 5.25. The summed E-state index contributed by atoms with van der Waals surface area (Å²) in [5.74, 6) is 0.501. The number of carbonyl (C=O) groups is 2. The molecule has 23 heavy (non-hydrogen) atoms. The molecule has 7 heteroatoms. The van der Waals surface area contributed by atoms with Gasteiger partial charge in [0, 0.05) is 25.3 Å². The molecule has 1 aromatic carbocycles. The van der Waals surface area contributed by atoms with E-state index in [2.05, 4.69) is 10.3 Å². The number of nitrogens with one attached hydrogen (secondary N) is 1. The molecule has 0 aliphatic rings. The van der Waals surface area contributed by atoms with Gasteiger partial charge in [-0.1, -0.05) is 23.9 Å². The average molecular weight is 351 g/mol. The quantitative estimate of drug-likeness (QED) is 0.779. The lowest BCUT2D eigenvalue weighted by molar-refractivity contribution is -0.134. The number of rotatable bonds is 7. The number of carbonyl (C=O) groups excluding carboxylic acids is 2. The summed E-state index contributed by atoms with van der Waals surface area (Å²) in [5.41, 5.74) is 0.994. The van der Waals surface area contributed by atoms with E-state index in [1.165, 1.54) is 4.90 Å². The predicted molar refractivity (Wildman–Crippen MR) is 95.9 cm³/mol. The van der Waals surface area contributed by atoms with Crippen molar-refractivity contribution < 1.29 is 9.59 Å². The van der Waals surface area contributed by atoms with E-state index in [0.717, 1.165) is 14.6 Å². The van der Waals surface area contributed by atoms with Gasteiger partial charge in [0.2, 0.25) is 11.8 Å². The van der Waals surface area contributed by atoms with Crippen LogP contribution in [0.2, 0.25) is 0 Å². The van der Waals surface area contributed by atoms with Crippen LogP contribution in [0.5, 0.6) is 0 Å². The van der Waals surface area contributed by atoms with Crippen molar-refractivity contribution in [3.05, 3.63) is 24.3 Å². The van der Waals surface area contributed by atoms with Crippen LogP contribution in [0, 0.1) is 0 Å². The molecule has 1 aromatic heterocycles. The Morgan fingerprint density at radius 2 is 2.09 bits per heavy atom. The second-order valence-corrected chi connectivity index (χ2v) is 7.89. The number of hydrogen-bond acceptors (Lipinski definition) is 5. The van der Waals surface area contributed by atoms with Crippen molar-refractivity contribution in [1.82, 2.24) is 15.2 Å². The fourth-order valence-electron chi connectivity index (χ4n) is 2.00. The van der Waals surface area contributed by atoms with Gasteiger partial charge in [-0.25, -0.2) is 4.98 Å². The fourth-order valence-corrected chi connectivity index (χ4v) is 4.07. The van der Waals surface area contributed by atoms with Crippen molar-refractivity contribution in [3.63, 3.8) is 0 Å². The molecule has 0 bridgehead atoms. The highest BCUT2D eigenvalue weighted by molar-refractivity contribution is 8.01. The molecule has 2 rings (SSSR count). The summed E-state index contributed by atoms with van der Waals surface area (Å²) < 4.78 is 2.13. The maximum Gasteiger partial charge on any atom is 0.239 e. The second kappa shape index (κ2) is 8.31. The zero-order chi connectivity index (χ0) is 16.8. The van der Waals surface area contributed by atoms with Gasteiger partial charge in [0.05, 0.1) is 16.8 Å². The summed E-state index contributed by atoms with van der Waals surface area (Å²) >= 11 is 3.22. The molecule has 0 fully saturated rings. The summed E-state index contributed by atoms with van der Waals surface area (Å²) in [7, 11) is 1.66. The summed E-state index contributed by atoms with van der Waals surface area (Å²) in [6.07, 6.45) is 0.395. The minimum Gasteiger partial charge on any atom is -0.352 e. The van der Waals surface area contributed by atoms with Crippen LogP contribution in [-0.2, 0) is 9.59 Å². The fraction of sp³-hybridized carbons (Fsp3) is 0.438. The summed E-state index contributed by atoms with van der Waals surface area (Å²) in [4.78, 5) is 29.7. The Morgan fingerprint density at radius 3 is 2.78 bits per heavy atom. The molecule has 5 nitrogen and oxygen atoms in total. The molecular formula is C16H21N3O2S2. The molecule has 1 heterocycles. The van der Waals surface area contributed by atoms with Gasteiger partial charge in [-0.3, -0.25) is 9.59 Å². The van der Waals surface area contributed by atoms with Crippen molar-refractivity contribution >= 4 is 45.1 Å². The maximum absolute atomic E-state index is 12.0. The molecule has 0 aliphatic heterocycles. The van der Waals surface area contributed by atoms with Gasteiger partial charge in [-0.15, -0.1) is 11.3 Å². The molecule has 124 valence electrons. The highest BCUT2D eigenvalue weighted by Gasteiger charge is 2.14. The average Bonchev–Trinajstić information content (AvgIpc) is 2.88. The van der Waals surface area contributed by atoms with Gasteiger partial charge in [0.15, 0.2) is 4.34 Å². The van der Waals surface area contributed by atoms with Crippen LogP contribution in [-0.4, -0.2) is 47.1 Å². The number of para-hydroxylation sites is 1. The van der Waals surface area contributed by atoms with Crippen molar-refractivity contribution in [2.24, 2.45) is 0 Å². The third kappa shape index (κ3) is 5.51. The van der Waals surface area contributed by atoms with Gasteiger partial charge in [-0.05, 0) is 26.0 Å². The number of nitrogens with zero attached hydrogens (tertiary/aromatic N) is 2. The van der Waals surface area contributed by atoms with E-state index in [1.807, 2.05) is 38.1 Å². The molecule has 0 unspecified atom stereocenters. The number of likely N-dealkylation sites (N-methyl/N-ethyl adjacent to an activating group) is 1. The Balaban J connectivity index is 1.76. The highest BCUT2D eigenvalue weighted by Crippen LogP contribution is 2.29. The smallest absolute Gasteiger partial charge is 0.239 e. The minimum absolute atomic E-state index is 0.0301. The first-order valence-corrected chi connectivity index (χ1v) is 9.27. The molecule has 0 atom stereocenters. The van der Waals surface area contributed by atoms with Crippen LogP contribution in [0.25, 0.3) is 10.2 Å². The molecule has 0 saturated heterocycles. The maximum atomic E-state index is 12.0. The summed E-state index contributed by atoms with van der Waals surface area (Å²) in [6, 6.07) is 8.08. The van der Waals surface area contributed by atoms with Crippen LogP contribution in [0.4, 0.5) is 0 Å². The lowest BCUT2D eigenvalue weighted by Gasteiger charge is -2.17. The highest BCUT2D eigenvalue weighted by atomic mass is 32.2. The third-order valence-electron chi connectivity index (χ3n) is 3.07. The molecule has 1 N–H and O–H groups in total.